The smallest absolute Gasteiger partial charge is 0.236 e. The van der Waals surface area contributed by atoms with Gasteiger partial charge in [0.05, 0.1) is 22.1 Å². The highest BCUT2D eigenvalue weighted by Gasteiger charge is 2.11. The number of halogens is 1. The lowest BCUT2D eigenvalue weighted by Crippen LogP contribution is -2.00. The highest BCUT2D eigenvalue weighted by Crippen LogP contribution is 2.24. The molecule has 21 heavy (non-hydrogen) atoms. The van der Waals surface area contributed by atoms with Gasteiger partial charge in [0, 0.05) is 15.8 Å². The van der Waals surface area contributed by atoms with Gasteiger partial charge in [0.1, 0.15) is 6.26 Å². The number of hydrogen-bond acceptors (Lipinski definition) is 4. The van der Waals surface area contributed by atoms with Crippen LogP contribution in [0.15, 0.2) is 52.5 Å². The van der Waals surface area contributed by atoms with Gasteiger partial charge in [-0.05, 0) is 23.1 Å². The van der Waals surface area contributed by atoms with Crippen LogP contribution in [0.4, 0.5) is 0 Å². The van der Waals surface area contributed by atoms with E-state index >= 15 is 0 Å². The summed E-state index contributed by atoms with van der Waals surface area (Å²) in [6, 6.07) is 11.3. The minimum absolute atomic E-state index is 0.361. The monoisotopic (exact) mass is 337 g/mol. The van der Waals surface area contributed by atoms with E-state index in [9.17, 15) is 4.21 Å². The molecule has 0 fully saturated rings. The minimum atomic E-state index is -1.07. The first kappa shape index (κ1) is 14.5. The minimum Gasteiger partial charge on any atom is -0.444 e. The van der Waals surface area contributed by atoms with Crippen molar-refractivity contribution in [3.05, 3.63) is 64.3 Å². The molecule has 0 aliphatic carbocycles. The van der Waals surface area contributed by atoms with Gasteiger partial charge < -0.3 is 4.42 Å². The maximum Gasteiger partial charge on any atom is 0.236 e. The van der Waals surface area contributed by atoms with Crippen molar-refractivity contribution >= 4 is 33.7 Å². The molecule has 0 saturated heterocycles. The average molecular weight is 338 g/mol. The van der Waals surface area contributed by atoms with Crippen LogP contribution >= 0.6 is 22.9 Å². The zero-order chi connectivity index (χ0) is 14.7. The van der Waals surface area contributed by atoms with E-state index in [0.717, 1.165) is 10.4 Å². The highest BCUT2D eigenvalue weighted by molar-refractivity contribution is 7.83. The Kier molecular flexibility index (Phi) is 4.53. The standard InChI is InChI=1S/C15H12ClNO2S2/c16-13-5-2-1-4-11(13)9-21(18)10-12-8-19-15(17-12)14-6-3-7-20-14/h1-8H,9-10H2. The molecule has 0 saturated carbocycles. The van der Waals surface area contributed by atoms with Crippen LogP contribution in [0.25, 0.3) is 10.8 Å². The first-order valence-electron chi connectivity index (χ1n) is 6.29. The maximum atomic E-state index is 12.2. The zero-order valence-electron chi connectivity index (χ0n) is 11.0. The number of aromatic nitrogens is 1. The van der Waals surface area contributed by atoms with E-state index in [4.69, 9.17) is 16.0 Å². The van der Waals surface area contributed by atoms with E-state index in [1.807, 2.05) is 35.7 Å². The molecule has 0 bridgehead atoms. The molecule has 1 aromatic carbocycles. The number of nitrogens with zero attached hydrogens (tertiary/aromatic N) is 1. The third-order valence-electron chi connectivity index (χ3n) is 2.87. The fraction of sp³-hybridized carbons (Fsp3) is 0.133. The molecule has 1 unspecified atom stereocenters. The lowest BCUT2D eigenvalue weighted by molar-refractivity contribution is 0.574. The van der Waals surface area contributed by atoms with E-state index < -0.39 is 10.8 Å². The molecule has 0 amide bonds. The number of hydrogen-bond donors (Lipinski definition) is 0. The molecule has 0 aliphatic rings. The summed E-state index contributed by atoms with van der Waals surface area (Å²) in [6.07, 6.45) is 1.57. The predicted molar refractivity (Wildman–Crippen MR) is 86.8 cm³/mol. The van der Waals surface area contributed by atoms with Gasteiger partial charge in [-0.1, -0.05) is 35.9 Å². The molecule has 3 nitrogen and oxygen atoms in total. The van der Waals surface area contributed by atoms with Crippen molar-refractivity contribution in [1.82, 2.24) is 4.98 Å². The van der Waals surface area contributed by atoms with Crippen LogP contribution in [-0.2, 0) is 22.3 Å². The van der Waals surface area contributed by atoms with Gasteiger partial charge in [-0.2, -0.15) is 0 Å². The maximum absolute atomic E-state index is 12.2. The second kappa shape index (κ2) is 6.56. The molecule has 0 spiro atoms. The van der Waals surface area contributed by atoms with Crippen molar-refractivity contribution in [3.63, 3.8) is 0 Å². The molecule has 2 aromatic heterocycles. The van der Waals surface area contributed by atoms with Gasteiger partial charge in [0.2, 0.25) is 5.89 Å². The molecular weight excluding hydrogens is 326 g/mol. The average Bonchev–Trinajstić information content (AvgIpc) is 3.12. The summed E-state index contributed by atoms with van der Waals surface area (Å²) in [5.41, 5.74) is 1.59. The molecule has 3 rings (SSSR count). The largest absolute Gasteiger partial charge is 0.444 e. The van der Waals surface area contributed by atoms with Crippen LogP contribution in [0.3, 0.4) is 0 Å². The van der Waals surface area contributed by atoms with Gasteiger partial charge in [-0.3, -0.25) is 4.21 Å². The van der Waals surface area contributed by atoms with Crippen molar-refractivity contribution < 1.29 is 8.63 Å². The quantitative estimate of drug-likeness (QED) is 0.688. The molecule has 108 valence electrons. The van der Waals surface area contributed by atoms with E-state index in [2.05, 4.69) is 4.98 Å². The molecule has 0 aliphatic heterocycles. The van der Waals surface area contributed by atoms with Gasteiger partial charge in [-0.15, -0.1) is 11.3 Å². The van der Waals surface area contributed by atoms with Crippen molar-refractivity contribution in [2.75, 3.05) is 0 Å². The molecule has 0 N–H and O–H groups in total. The Balaban J connectivity index is 1.67. The van der Waals surface area contributed by atoms with Crippen LogP contribution in [0.2, 0.25) is 5.02 Å². The number of oxazole rings is 1. The second-order valence-corrected chi connectivity index (χ2v) is 7.25. The SMILES string of the molecule is O=S(Cc1coc(-c2cccs2)n1)Cc1ccccc1Cl. The summed E-state index contributed by atoms with van der Waals surface area (Å²) in [5.74, 6) is 1.36. The number of rotatable bonds is 5. The first-order valence-corrected chi connectivity index (χ1v) is 9.03. The van der Waals surface area contributed by atoms with Gasteiger partial charge in [-0.25, -0.2) is 4.98 Å². The molecule has 0 radical (unpaired) electrons. The van der Waals surface area contributed by atoms with Crippen molar-refractivity contribution in [1.29, 1.82) is 0 Å². The van der Waals surface area contributed by atoms with E-state index in [1.54, 1.807) is 23.7 Å². The van der Waals surface area contributed by atoms with Gasteiger partial charge >= 0.3 is 0 Å². The Morgan fingerprint density at radius 1 is 1.19 bits per heavy atom. The molecule has 1 atom stereocenters. The lowest BCUT2D eigenvalue weighted by atomic mass is 10.2. The normalized spacial score (nSPS) is 12.4. The molecule has 3 aromatic rings. The molecular formula is C15H12ClNO2S2. The van der Waals surface area contributed by atoms with E-state index in [1.165, 1.54) is 0 Å². The van der Waals surface area contributed by atoms with Crippen LogP contribution in [0.5, 0.6) is 0 Å². The summed E-state index contributed by atoms with van der Waals surface area (Å²) >= 11 is 7.64. The van der Waals surface area contributed by atoms with Crippen LogP contribution in [0, 0.1) is 0 Å². The van der Waals surface area contributed by atoms with Crippen molar-refractivity contribution in [2.45, 2.75) is 11.5 Å². The predicted octanol–water partition coefficient (Wildman–Crippen LogP) is 4.51. The number of thiophene rings is 1. The zero-order valence-corrected chi connectivity index (χ0v) is 13.4. The summed E-state index contributed by atoms with van der Waals surface area (Å²) in [4.78, 5) is 5.34. The number of benzene rings is 1. The fourth-order valence-electron chi connectivity index (χ4n) is 1.89. The highest BCUT2D eigenvalue weighted by atomic mass is 35.5. The van der Waals surface area contributed by atoms with Gasteiger partial charge in [0.25, 0.3) is 0 Å². The Morgan fingerprint density at radius 3 is 2.81 bits per heavy atom. The summed E-state index contributed by atoms with van der Waals surface area (Å²) < 4.78 is 17.6. The third-order valence-corrected chi connectivity index (χ3v) is 5.34. The summed E-state index contributed by atoms with van der Waals surface area (Å²) in [6.45, 7) is 0. The Labute approximate surface area is 134 Å². The summed E-state index contributed by atoms with van der Waals surface area (Å²) in [7, 11) is -1.07. The van der Waals surface area contributed by atoms with Gasteiger partial charge in [0.15, 0.2) is 0 Å². The van der Waals surface area contributed by atoms with Crippen LogP contribution in [0.1, 0.15) is 11.3 Å². The Morgan fingerprint density at radius 2 is 2.05 bits per heavy atom. The molecule has 6 heteroatoms. The third kappa shape index (κ3) is 3.61. The van der Waals surface area contributed by atoms with E-state index in [0.29, 0.717) is 28.1 Å². The van der Waals surface area contributed by atoms with Crippen molar-refractivity contribution in [2.24, 2.45) is 0 Å². The lowest BCUT2D eigenvalue weighted by Gasteiger charge is -2.02. The van der Waals surface area contributed by atoms with Crippen LogP contribution in [-0.4, -0.2) is 9.19 Å². The second-order valence-electron chi connectivity index (χ2n) is 4.44. The summed E-state index contributed by atoms with van der Waals surface area (Å²) in [5, 5.41) is 2.61. The first-order chi connectivity index (χ1) is 10.2. The van der Waals surface area contributed by atoms with Crippen LogP contribution < -0.4 is 0 Å². The topological polar surface area (TPSA) is 43.1 Å². The van der Waals surface area contributed by atoms with E-state index in [-0.39, 0.29) is 0 Å². The molecule has 2 heterocycles. The fourth-order valence-corrected chi connectivity index (χ4v) is 3.99. The Bertz CT molecular complexity index is 753. The Hall–Kier alpha value is -1.43. The van der Waals surface area contributed by atoms with Crippen molar-refractivity contribution in [3.8, 4) is 10.8 Å².